The van der Waals surface area contributed by atoms with Crippen LogP contribution in [0.4, 0.5) is 0 Å². The Kier molecular flexibility index (Phi) is 6.03. The van der Waals surface area contributed by atoms with E-state index in [2.05, 4.69) is 0 Å². The van der Waals surface area contributed by atoms with Gasteiger partial charge >= 0.3 is 5.97 Å². The van der Waals surface area contributed by atoms with E-state index in [9.17, 15) is 9.59 Å². The fourth-order valence-electron chi connectivity index (χ4n) is 0.729. The summed E-state index contributed by atoms with van der Waals surface area (Å²) >= 11 is 10.5. The van der Waals surface area contributed by atoms with E-state index in [-0.39, 0.29) is 18.6 Å². The van der Waals surface area contributed by atoms with Crippen molar-refractivity contribution in [1.29, 1.82) is 0 Å². The molecule has 0 aromatic carbocycles. The number of carbonyl (C=O) groups excluding carboxylic acids is 1. The Morgan fingerprint density at radius 3 is 2.31 bits per heavy atom. The molecule has 0 amide bonds. The summed E-state index contributed by atoms with van der Waals surface area (Å²) in [5, 5.41) is 8.39. The summed E-state index contributed by atoms with van der Waals surface area (Å²) in [6.45, 7) is 0. The van der Waals surface area contributed by atoms with Crippen LogP contribution in [-0.4, -0.2) is 27.7 Å². The zero-order valence-electron chi connectivity index (χ0n) is 6.87. The third-order valence-electron chi connectivity index (χ3n) is 1.50. The van der Waals surface area contributed by atoms with E-state index in [1.165, 1.54) is 0 Å². The van der Waals surface area contributed by atoms with Gasteiger partial charge in [0.05, 0.1) is 0 Å². The minimum atomic E-state index is -1.07. The summed E-state index contributed by atoms with van der Waals surface area (Å²) in [6, 6.07) is -0.920. The molecular formula is C7H11Cl2NO3. The molecule has 0 unspecified atom stereocenters. The van der Waals surface area contributed by atoms with Gasteiger partial charge in [0.25, 0.3) is 0 Å². The normalized spacial score (nSPS) is 12.9. The van der Waals surface area contributed by atoms with Crippen molar-refractivity contribution in [2.75, 3.05) is 0 Å². The number of carbonyl (C=O) groups is 2. The fraction of sp³-hybridized carbons (Fsp3) is 0.714. The van der Waals surface area contributed by atoms with Crippen molar-refractivity contribution >= 4 is 35.0 Å². The van der Waals surface area contributed by atoms with Gasteiger partial charge in [0.1, 0.15) is 6.04 Å². The average Bonchev–Trinajstić information content (AvgIpc) is 2.03. The molecule has 1 atom stereocenters. The van der Waals surface area contributed by atoms with Gasteiger partial charge in [-0.3, -0.25) is 9.59 Å². The zero-order chi connectivity index (χ0) is 10.4. The van der Waals surface area contributed by atoms with Gasteiger partial charge in [-0.15, -0.1) is 0 Å². The molecule has 0 rings (SSSR count). The van der Waals surface area contributed by atoms with Gasteiger partial charge in [-0.2, -0.15) is 0 Å². The van der Waals surface area contributed by atoms with Gasteiger partial charge in [-0.1, -0.05) is 23.2 Å². The molecule has 0 heterocycles. The van der Waals surface area contributed by atoms with E-state index in [4.69, 9.17) is 34.0 Å². The van der Waals surface area contributed by atoms with Crippen LogP contribution >= 0.6 is 23.2 Å². The molecular weight excluding hydrogens is 217 g/mol. The summed E-state index contributed by atoms with van der Waals surface area (Å²) < 4.78 is 0. The van der Waals surface area contributed by atoms with Gasteiger partial charge < -0.3 is 10.8 Å². The lowest BCUT2D eigenvalue weighted by Gasteiger charge is -2.05. The van der Waals surface area contributed by atoms with Gasteiger partial charge in [0, 0.05) is 6.42 Å². The van der Waals surface area contributed by atoms with E-state index in [0.717, 1.165) is 0 Å². The van der Waals surface area contributed by atoms with Crippen LogP contribution in [0.25, 0.3) is 0 Å². The highest BCUT2D eigenvalue weighted by molar-refractivity contribution is 6.53. The second-order valence-corrected chi connectivity index (χ2v) is 3.70. The smallest absolute Gasteiger partial charge is 0.320 e. The highest BCUT2D eigenvalue weighted by atomic mass is 35.5. The molecule has 0 aliphatic heterocycles. The van der Waals surface area contributed by atoms with Crippen molar-refractivity contribution in [2.45, 2.75) is 30.1 Å². The van der Waals surface area contributed by atoms with Gasteiger partial charge in [-0.25, -0.2) is 0 Å². The summed E-state index contributed by atoms with van der Waals surface area (Å²) in [6.07, 6.45) is 0.808. The van der Waals surface area contributed by atoms with Crippen LogP contribution in [0.2, 0.25) is 0 Å². The summed E-state index contributed by atoms with van der Waals surface area (Å²) in [5.74, 6) is -1.37. The standard InChI is InChI=1S/C7H11Cl2NO3/c8-6(9)5(11)3-1-2-4(10)7(12)13/h4,6H,1-3,10H2,(H,12,13)/t4-/m0/s1. The van der Waals surface area contributed by atoms with Gasteiger partial charge in [0.15, 0.2) is 10.6 Å². The second kappa shape index (κ2) is 6.18. The Hall–Kier alpha value is -0.320. The molecule has 0 aliphatic rings. The predicted molar refractivity (Wildman–Crippen MR) is 50.0 cm³/mol. The number of hydrogen-bond acceptors (Lipinski definition) is 3. The summed E-state index contributed by atoms with van der Waals surface area (Å²) in [4.78, 5) is 20.1. The number of nitrogens with two attached hydrogens (primary N) is 1. The van der Waals surface area contributed by atoms with Crippen LogP contribution in [0.5, 0.6) is 0 Å². The third-order valence-corrected chi connectivity index (χ3v) is 1.99. The SMILES string of the molecule is N[C@@H](CCCC(=O)C(Cl)Cl)C(=O)O. The first kappa shape index (κ1) is 12.7. The maximum atomic E-state index is 10.8. The Balaban J connectivity index is 3.56. The number of carboxylic acids is 1. The lowest BCUT2D eigenvalue weighted by molar-refractivity contribution is -0.138. The van der Waals surface area contributed by atoms with Crippen LogP contribution in [0.3, 0.4) is 0 Å². The van der Waals surface area contributed by atoms with Crippen molar-refractivity contribution in [3.63, 3.8) is 0 Å². The molecule has 0 aromatic heterocycles. The largest absolute Gasteiger partial charge is 0.480 e. The number of halogens is 2. The zero-order valence-corrected chi connectivity index (χ0v) is 8.38. The van der Waals surface area contributed by atoms with Crippen LogP contribution in [0.1, 0.15) is 19.3 Å². The molecule has 0 aromatic rings. The summed E-state index contributed by atoms with van der Waals surface area (Å²) in [5.41, 5.74) is 5.20. The number of alkyl halides is 2. The Morgan fingerprint density at radius 1 is 1.38 bits per heavy atom. The minimum Gasteiger partial charge on any atom is -0.480 e. The van der Waals surface area contributed by atoms with E-state index >= 15 is 0 Å². The molecule has 4 nitrogen and oxygen atoms in total. The number of carboxylic acid groups (broad SMARTS) is 1. The van der Waals surface area contributed by atoms with E-state index in [1.807, 2.05) is 0 Å². The topological polar surface area (TPSA) is 80.4 Å². The molecule has 0 saturated heterocycles. The van der Waals surface area contributed by atoms with E-state index in [0.29, 0.717) is 6.42 Å². The van der Waals surface area contributed by atoms with Crippen LogP contribution in [-0.2, 0) is 9.59 Å². The molecule has 0 bridgehead atoms. The van der Waals surface area contributed by atoms with Crippen molar-refractivity contribution in [3.05, 3.63) is 0 Å². The molecule has 0 radical (unpaired) electrons. The minimum absolute atomic E-state index is 0.165. The second-order valence-electron chi connectivity index (χ2n) is 2.60. The highest BCUT2D eigenvalue weighted by Crippen LogP contribution is 2.09. The third kappa shape index (κ3) is 5.85. The van der Waals surface area contributed by atoms with Crippen molar-refractivity contribution in [2.24, 2.45) is 5.73 Å². The van der Waals surface area contributed by atoms with Gasteiger partial charge in [-0.05, 0) is 12.8 Å². The number of ketones is 1. The predicted octanol–water partition coefficient (Wildman–Crippen LogP) is 0.941. The molecule has 0 spiro atoms. The number of hydrogen-bond donors (Lipinski definition) is 2. The van der Waals surface area contributed by atoms with Crippen molar-refractivity contribution in [1.82, 2.24) is 0 Å². The van der Waals surface area contributed by atoms with E-state index in [1.54, 1.807) is 0 Å². The number of rotatable bonds is 6. The monoisotopic (exact) mass is 227 g/mol. The Labute approximate surface area is 86.0 Å². The molecule has 13 heavy (non-hydrogen) atoms. The molecule has 0 aliphatic carbocycles. The van der Waals surface area contributed by atoms with Crippen molar-refractivity contribution in [3.8, 4) is 0 Å². The Morgan fingerprint density at radius 2 is 1.92 bits per heavy atom. The molecule has 3 N–H and O–H groups in total. The van der Waals surface area contributed by atoms with Crippen LogP contribution in [0.15, 0.2) is 0 Å². The highest BCUT2D eigenvalue weighted by Gasteiger charge is 2.14. The average molecular weight is 228 g/mol. The molecule has 0 saturated carbocycles. The number of Topliss-reactive ketones (excluding diaryl/α,β-unsaturated/α-hetero) is 1. The lowest BCUT2D eigenvalue weighted by Crippen LogP contribution is -2.30. The van der Waals surface area contributed by atoms with Gasteiger partial charge in [0.2, 0.25) is 0 Å². The quantitative estimate of drug-likeness (QED) is 0.663. The lowest BCUT2D eigenvalue weighted by atomic mass is 10.1. The molecule has 0 fully saturated rings. The van der Waals surface area contributed by atoms with Crippen LogP contribution < -0.4 is 5.73 Å². The fourth-order valence-corrected chi connectivity index (χ4v) is 0.947. The first-order valence-electron chi connectivity index (χ1n) is 3.74. The van der Waals surface area contributed by atoms with Crippen molar-refractivity contribution < 1.29 is 14.7 Å². The molecule has 76 valence electrons. The maximum absolute atomic E-state index is 10.8. The number of aliphatic carboxylic acids is 1. The van der Waals surface area contributed by atoms with E-state index < -0.39 is 16.8 Å². The first-order chi connectivity index (χ1) is 5.95. The Bertz CT molecular complexity index is 196. The first-order valence-corrected chi connectivity index (χ1v) is 4.61. The summed E-state index contributed by atoms with van der Waals surface area (Å²) in [7, 11) is 0. The molecule has 6 heteroatoms. The maximum Gasteiger partial charge on any atom is 0.320 e. The van der Waals surface area contributed by atoms with Crippen LogP contribution in [0, 0.1) is 0 Å².